The van der Waals surface area contributed by atoms with Crippen molar-refractivity contribution in [1.29, 1.82) is 0 Å². The Balaban J connectivity index is 2.10. The molecule has 2 amide bonds. The number of rotatable bonds is 4. The van der Waals surface area contributed by atoms with Crippen LogP contribution in [0.15, 0.2) is 29.3 Å². The van der Waals surface area contributed by atoms with E-state index >= 15 is 0 Å². The van der Waals surface area contributed by atoms with Crippen molar-refractivity contribution < 1.29 is 9.59 Å². The van der Waals surface area contributed by atoms with E-state index < -0.39 is 5.25 Å². The molecule has 7 heteroatoms. The lowest BCUT2D eigenvalue weighted by Gasteiger charge is -2.08. The average molecular weight is 326 g/mol. The van der Waals surface area contributed by atoms with Crippen LogP contribution >= 0.6 is 23.4 Å². The molecule has 1 N–H and O–H groups in total. The molecule has 1 heterocycles. The van der Waals surface area contributed by atoms with E-state index in [1.807, 2.05) is 6.92 Å². The number of nitrogens with zero attached hydrogens (tertiary/aromatic N) is 2. The summed E-state index contributed by atoms with van der Waals surface area (Å²) < 4.78 is 0. The molecule has 0 saturated carbocycles. The molecule has 1 aliphatic heterocycles. The van der Waals surface area contributed by atoms with Gasteiger partial charge in [-0.15, -0.1) is 0 Å². The van der Waals surface area contributed by atoms with Gasteiger partial charge in [-0.05, 0) is 31.2 Å². The van der Waals surface area contributed by atoms with Crippen molar-refractivity contribution in [1.82, 2.24) is 10.2 Å². The smallest absolute Gasteiger partial charge is 0.242 e. The predicted octanol–water partition coefficient (Wildman–Crippen LogP) is 2.43. The van der Waals surface area contributed by atoms with Crippen LogP contribution in [0.4, 0.5) is 5.69 Å². The lowest BCUT2D eigenvalue weighted by atomic mass is 10.2. The molecular weight excluding hydrogens is 310 g/mol. The van der Waals surface area contributed by atoms with E-state index in [-0.39, 0.29) is 18.2 Å². The SMILES string of the molecule is CCNC(=O)CC1SC(=Nc2ccc(Cl)cc2)N(C)C1=O. The Bertz CT molecular complexity index is 574. The molecule has 0 aliphatic carbocycles. The Hall–Kier alpha value is -1.53. The van der Waals surface area contributed by atoms with E-state index in [2.05, 4.69) is 10.3 Å². The Morgan fingerprint density at radius 2 is 2.10 bits per heavy atom. The minimum absolute atomic E-state index is 0.0982. The molecule has 0 bridgehead atoms. The summed E-state index contributed by atoms with van der Waals surface area (Å²) >= 11 is 7.14. The van der Waals surface area contributed by atoms with Crippen LogP contribution in [0.25, 0.3) is 0 Å². The van der Waals surface area contributed by atoms with Crippen molar-refractivity contribution >= 4 is 46.0 Å². The molecule has 0 radical (unpaired) electrons. The van der Waals surface area contributed by atoms with Gasteiger partial charge in [0.1, 0.15) is 5.25 Å². The highest BCUT2D eigenvalue weighted by molar-refractivity contribution is 8.15. The molecule has 0 spiro atoms. The number of amidine groups is 1. The third kappa shape index (κ3) is 3.98. The van der Waals surface area contributed by atoms with Gasteiger partial charge in [-0.3, -0.25) is 14.5 Å². The number of hydrogen-bond acceptors (Lipinski definition) is 4. The fourth-order valence-corrected chi connectivity index (χ4v) is 3.14. The van der Waals surface area contributed by atoms with Crippen molar-refractivity contribution in [2.75, 3.05) is 13.6 Å². The Morgan fingerprint density at radius 3 is 2.71 bits per heavy atom. The predicted molar refractivity (Wildman–Crippen MR) is 86.0 cm³/mol. The lowest BCUT2D eigenvalue weighted by molar-refractivity contribution is -0.128. The van der Waals surface area contributed by atoms with Crippen molar-refractivity contribution in [2.45, 2.75) is 18.6 Å². The molecule has 1 saturated heterocycles. The van der Waals surface area contributed by atoms with Gasteiger partial charge in [0.15, 0.2) is 5.17 Å². The van der Waals surface area contributed by atoms with Gasteiger partial charge in [0.2, 0.25) is 11.8 Å². The highest BCUT2D eigenvalue weighted by Crippen LogP contribution is 2.30. The van der Waals surface area contributed by atoms with Gasteiger partial charge in [-0.2, -0.15) is 0 Å². The molecule has 1 unspecified atom stereocenters. The number of carbonyl (C=O) groups excluding carboxylic acids is 2. The van der Waals surface area contributed by atoms with Gasteiger partial charge in [0, 0.05) is 25.0 Å². The number of hydrogen-bond donors (Lipinski definition) is 1. The summed E-state index contributed by atoms with van der Waals surface area (Å²) in [7, 11) is 1.67. The number of aliphatic imine (C=N–C) groups is 1. The largest absolute Gasteiger partial charge is 0.356 e. The van der Waals surface area contributed by atoms with E-state index in [0.29, 0.717) is 16.7 Å². The quantitative estimate of drug-likeness (QED) is 0.924. The maximum Gasteiger partial charge on any atom is 0.242 e. The summed E-state index contributed by atoms with van der Waals surface area (Å²) in [4.78, 5) is 29.6. The standard InChI is InChI=1S/C14H16ClN3O2S/c1-3-16-12(19)8-11-13(20)18(2)14(21-11)17-10-6-4-9(15)5-7-10/h4-7,11H,3,8H2,1-2H3,(H,16,19). The van der Waals surface area contributed by atoms with Gasteiger partial charge < -0.3 is 5.32 Å². The molecule has 1 aromatic carbocycles. The van der Waals surface area contributed by atoms with E-state index in [1.54, 1.807) is 31.3 Å². The highest BCUT2D eigenvalue weighted by Gasteiger charge is 2.36. The first-order valence-corrected chi connectivity index (χ1v) is 7.82. The first-order chi connectivity index (χ1) is 10.0. The Morgan fingerprint density at radius 1 is 1.43 bits per heavy atom. The molecule has 1 aliphatic rings. The van der Waals surface area contributed by atoms with E-state index in [9.17, 15) is 9.59 Å². The Kier molecular flexibility index (Phi) is 5.25. The van der Waals surface area contributed by atoms with Gasteiger partial charge in [-0.1, -0.05) is 23.4 Å². The molecule has 1 atom stereocenters. The van der Waals surface area contributed by atoms with Crippen molar-refractivity contribution in [3.05, 3.63) is 29.3 Å². The van der Waals surface area contributed by atoms with E-state index in [1.165, 1.54) is 16.7 Å². The summed E-state index contributed by atoms with van der Waals surface area (Å²) in [5.74, 6) is -0.219. The number of thioether (sulfide) groups is 1. The summed E-state index contributed by atoms with van der Waals surface area (Å²) in [6.45, 7) is 2.41. The molecule has 1 fully saturated rings. The minimum atomic E-state index is -0.410. The van der Waals surface area contributed by atoms with Gasteiger partial charge in [-0.25, -0.2) is 4.99 Å². The Labute approximate surface area is 132 Å². The summed E-state index contributed by atoms with van der Waals surface area (Å²) in [6.07, 6.45) is 0.168. The van der Waals surface area contributed by atoms with Gasteiger partial charge in [0.25, 0.3) is 0 Å². The van der Waals surface area contributed by atoms with Crippen LogP contribution in [0, 0.1) is 0 Å². The average Bonchev–Trinajstić information content (AvgIpc) is 2.70. The third-order valence-corrected chi connectivity index (χ3v) is 4.42. The van der Waals surface area contributed by atoms with Gasteiger partial charge in [0.05, 0.1) is 5.69 Å². The van der Waals surface area contributed by atoms with Crippen LogP contribution < -0.4 is 5.32 Å². The van der Waals surface area contributed by atoms with Crippen LogP contribution in [0.1, 0.15) is 13.3 Å². The topological polar surface area (TPSA) is 61.8 Å². The van der Waals surface area contributed by atoms with E-state index in [0.717, 1.165) is 5.69 Å². The molecule has 5 nitrogen and oxygen atoms in total. The molecule has 21 heavy (non-hydrogen) atoms. The third-order valence-electron chi connectivity index (χ3n) is 2.94. The summed E-state index contributed by atoms with van der Waals surface area (Å²) in [5.41, 5.74) is 0.722. The second-order valence-electron chi connectivity index (χ2n) is 4.53. The van der Waals surface area contributed by atoms with Crippen molar-refractivity contribution in [3.8, 4) is 0 Å². The van der Waals surface area contributed by atoms with Gasteiger partial charge >= 0.3 is 0 Å². The second-order valence-corrected chi connectivity index (χ2v) is 6.14. The number of amides is 2. The van der Waals surface area contributed by atoms with Crippen molar-refractivity contribution in [2.24, 2.45) is 4.99 Å². The molecule has 112 valence electrons. The zero-order chi connectivity index (χ0) is 15.4. The van der Waals surface area contributed by atoms with Crippen molar-refractivity contribution in [3.63, 3.8) is 0 Å². The zero-order valence-corrected chi connectivity index (χ0v) is 13.4. The molecule has 2 rings (SSSR count). The first kappa shape index (κ1) is 15.9. The second kappa shape index (κ2) is 6.95. The van der Waals surface area contributed by atoms with E-state index in [4.69, 9.17) is 11.6 Å². The zero-order valence-electron chi connectivity index (χ0n) is 11.8. The number of nitrogens with one attached hydrogen (secondary N) is 1. The number of carbonyl (C=O) groups is 2. The molecular formula is C14H16ClN3O2S. The number of benzene rings is 1. The number of halogens is 1. The summed E-state index contributed by atoms with van der Waals surface area (Å²) in [6, 6.07) is 7.06. The summed E-state index contributed by atoms with van der Waals surface area (Å²) in [5, 5.41) is 3.52. The first-order valence-electron chi connectivity index (χ1n) is 6.56. The minimum Gasteiger partial charge on any atom is -0.356 e. The molecule has 1 aromatic rings. The van der Waals surface area contributed by atoms with Crippen LogP contribution in [0.5, 0.6) is 0 Å². The molecule has 0 aromatic heterocycles. The fraction of sp³-hybridized carbons (Fsp3) is 0.357. The lowest BCUT2D eigenvalue weighted by Crippen LogP contribution is -2.32. The van der Waals surface area contributed by atoms with Crippen LogP contribution in [0.3, 0.4) is 0 Å². The fourth-order valence-electron chi connectivity index (χ4n) is 1.86. The maximum absolute atomic E-state index is 12.1. The monoisotopic (exact) mass is 325 g/mol. The maximum atomic E-state index is 12.1. The normalized spacial score (nSPS) is 20.1. The van der Waals surface area contributed by atoms with Crippen LogP contribution in [0.2, 0.25) is 5.02 Å². The highest BCUT2D eigenvalue weighted by atomic mass is 35.5. The van der Waals surface area contributed by atoms with Crippen LogP contribution in [-0.4, -0.2) is 40.7 Å². The van der Waals surface area contributed by atoms with Crippen LogP contribution in [-0.2, 0) is 9.59 Å².